The molecule has 1 heterocycles. The van der Waals surface area contributed by atoms with Gasteiger partial charge in [0, 0.05) is 30.9 Å². The maximum Gasteiger partial charge on any atom is 0.341 e. The number of anilines is 1. The molecule has 1 aliphatic rings. The van der Waals surface area contributed by atoms with Crippen LogP contribution in [0.1, 0.15) is 17.3 Å². The molecular weight excluding hydrogens is 461 g/mol. The largest absolute Gasteiger partial charge is 0.449 e. The number of nitro benzene ring substituents is 1. The number of non-ortho nitro benzene ring substituents is 1. The van der Waals surface area contributed by atoms with Crippen LogP contribution < -0.4 is 5.32 Å². The van der Waals surface area contributed by atoms with Gasteiger partial charge in [-0.1, -0.05) is 6.07 Å². The summed E-state index contributed by atoms with van der Waals surface area (Å²) >= 11 is 0. The van der Waals surface area contributed by atoms with Crippen molar-refractivity contribution < 1.29 is 36.8 Å². The van der Waals surface area contributed by atoms with Crippen LogP contribution in [0.2, 0.25) is 0 Å². The molecule has 0 spiro atoms. The molecule has 11 nitrogen and oxygen atoms in total. The second-order valence-electron chi connectivity index (χ2n) is 7.00. The molecule has 0 aromatic heterocycles. The summed E-state index contributed by atoms with van der Waals surface area (Å²) in [5, 5.41) is 13.2. The minimum absolute atomic E-state index is 0.0990. The number of nitro groups is 1. The van der Waals surface area contributed by atoms with E-state index in [2.05, 4.69) is 5.32 Å². The van der Waals surface area contributed by atoms with Crippen molar-refractivity contribution in [3.8, 4) is 0 Å². The molecule has 0 aliphatic carbocycles. The monoisotopic (exact) mass is 481 g/mol. The zero-order valence-electron chi connectivity index (χ0n) is 17.4. The lowest BCUT2D eigenvalue weighted by Gasteiger charge is -2.26. The van der Waals surface area contributed by atoms with Crippen molar-refractivity contribution in [2.24, 2.45) is 0 Å². The Labute approximate surface area is 188 Å². The van der Waals surface area contributed by atoms with Gasteiger partial charge in [-0.3, -0.25) is 14.9 Å². The number of nitrogens with zero attached hydrogens (tertiary/aromatic N) is 2. The van der Waals surface area contributed by atoms with E-state index in [0.29, 0.717) is 0 Å². The molecule has 1 unspecified atom stereocenters. The third-order valence-corrected chi connectivity index (χ3v) is 6.64. The number of esters is 1. The average molecular weight is 481 g/mol. The fraction of sp³-hybridized carbons (Fsp3) is 0.300. The van der Waals surface area contributed by atoms with Crippen LogP contribution >= 0.6 is 0 Å². The van der Waals surface area contributed by atoms with Gasteiger partial charge in [0.2, 0.25) is 10.0 Å². The maximum atomic E-state index is 14.3. The van der Waals surface area contributed by atoms with Crippen LogP contribution in [0.25, 0.3) is 0 Å². The Bertz CT molecular complexity index is 1180. The molecule has 13 heteroatoms. The number of halogens is 1. The summed E-state index contributed by atoms with van der Waals surface area (Å²) in [5.74, 6) is -3.08. The molecule has 0 radical (unpaired) electrons. The highest BCUT2D eigenvalue weighted by molar-refractivity contribution is 7.89. The summed E-state index contributed by atoms with van der Waals surface area (Å²) in [6.45, 7) is 1.89. The molecule has 2 aromatic carbocycles. The summed E-state index contributed by atoms with van der Waals surface area (Å²) in [5.41, 5.74) is -0.806. The Morgan fingerprint density at radius 3 is 2.58 bits per heavy atom. The number of sulfonamides is 1. The minimum Gasteiger partial charge on any atom is -0.449 e. The Balaban J connectivity index is 1.73. The molecule has 1 amide bonds. The summed E-state index contributed by atoms with van der Waals surface area (Å²) < 4.78 is 51.1. The summed E-state index contributed by atoms with van der Waals surface area (Å²) in [6, 6.07) is 7.84. The molecule has 0 saturated carbocycles. The number of carbonyl (C=O) groups is 2. The molecule has 3 rings (SSSR count). The molecule has 2 aromatic rings. The molecule has 176 valence electrons. The van der Waals surface area contributed by atoms with E-state index in [1.54, 1.807) is 0 Å². The zero-order chi connectivity index (χ0) is 24.2. The average Bonchev–Trinajstić information content (AvgIpc) is 2.79. The molecule has 1 fully saturated rings. The number of benzene rings is 2. The van der Waals surface area contributed by atoms with E-state index in [-0.39, 0.29) is 42.6 Å². The Morgan fingerprint density at radius 2 is 1.91 bits per heavy atom. The molecule has 1 N–H and O–H groups in total. The van der Waals surface area contributed by atoms with Gasteiger partial charge in [0.05, 0.1) is 28.6 Å². The summed E-state index contributed by atoms with van der Waals surface area (Å²) in [4.78, 5) is 34.7. The van der Waals surface area contributed by atoms with Gasteiger partial charge >= 0.3 is 5.97 Å². The van der Waals surface area contributed by atoms with Gasteiger partial charge in [-0.25, -0.2) is 17.6 Å². The molecule has 1 atom stereocenters. The summed E-state index contributed by atoms with van der Waals surface area (Å²) in [6.07, 6.45) is -1.41. The van der Waals surface area contributed by atoms with Crippen molar-refractivity contribution in [2.75, 3.05) is 31.6 Å². The van der Waals surface area contributed by atoms with Gasteiger partial charge < -0.3 is 14.8 Å². The molecule has 0 bridgehead atoms. The normalized spacial score (nSPS) is 15.5. The van der Waals surface area contributed by atoms with Gasteiger partial charge in [0.1, 0.15) is 5.82 Å². The van der Waals surface area contributed by atoms with E-state index in [1.807, 2.05) is 0 Å². The zero-order valence-corrected chi connectivity index (χ0v) is 18.2. The van der Waals surface area contributed by atoms with Crippen LogP contribution in [0.4, 0.5) is 15.8 Å². The second kappa shape index (κ2) is 10.0. The van der Waals surface area contributed by atoms with Crippen molar-refractivity contribution in [1.29, 1.82) is 0 Å². The number of ether oxygens (including phenoxy) is 2. The SMILES string of the molecule is CC(OC(=O)c1cc(S(=O)(=O)N2CCOCC2)ccc1F)C(=O)Nc1cccc([N+](=O)[O-])c1. The lowest BCUT2D eigenvalue weighted by atomic mass is 10.2. The van der Waals surface area contributed by atoms with Crippen molar-refractivity contribution in [2.45, 2.75) is 17.9 Å². The number of morpholine rings is 1. The molecule has 1 saturated heterocycles. The first kappa shape index (κ1) is 24.2. The summed E-state index contributed by atoms with van der Waals surface area (Å²) in [7, 11) is -3.99. The van der Waals surface area contributed by atoms with E-state index >= 15 is 0 Å². The first-order valence-corrected chi connectivity index (χ1v) is 11.2. The van der Waals surface area contributed by atoms with Crippen molar-refractivity contribution in [3.63, 3.8) is 0 Å². The second-order valence-corrected chi connectivity index (χ2v) is 8.94. The number of nitrogens with one attached hydrogen (secondary N) is 1. The van der Waals surface area contributed by atoms with Crippen LogP contribution in [0.3, 0.4) is 0 Å². The lowest BCUT2D eigenvalue weighted by molar-refractivity contribution is -0.384. The topological polar surface area (TPSA) is 145 Å². The van der Waals surface area contributed by atoms with Crippen LogP contribution in [-0.4, -0.2) is 61.9 Å². The van der Waals surface area contributed by atoms with Crippen LogP contribution in [0, 0.1) is 15.9 Å². The molecule has 1 aliphatic heterocycles. The van der Waals surface area contributed by atoms with Gasteiger partial charge in [-0.2, -0.15) is 4.31 Å². The van der Waals surface area contributed by atoms with Crippen LogP contribution in [0.15, 0.2) is 47.4 Å². The number of carbonyl (C=O) groups excluding carboxylic acids is 2. The van der Waals surface area contributed by atoms with Crippen molar-refractivity contribution in [1.82, 2.24) is 4.31 Å². The highest BCUT2D eigenvalue weighted by atomic mass is 32.2. The van der Waals surface area contributed by atoms with Crippen LogP contribution in [0.5, 0.6) is 0 Å². The predicted molar refractivity (Wildman–Crippen MR) is 113 cm³/mol. The highest BCUT2D eigenvalue weighted by Gasteiger charge is 2.29. The fourth-order valence-electron chi connectivity index (χ4n) is 2.98. The first-order chi connectivity index (χ1) is 15.6. The molecular formula is C20H20FN3O8S. The third-order valence-electron chi connectivity index (χ3n) is 4.74. The quantitative estimate of drug-likeness (QED) is 0.359. The number of hydrogen-bond donors (Lipinski definition) is 1. The predicted octanol–water partition coefficient (Wildman–Crippen LogP) is 1.94. The molecule has 33 heavy (non-hydrogen) atoms. The maximum absolute atomic E-state index is 14.3. The lowest BCUT2D eigenvalue weighted by Crippen LogP contribution is -2.40. The Hall–Kier alpha value is -3.42. The fourth-order valence-corrected chi connectivity index (χ4v) is 4.41. The third kappa shape index (κ3) is 5.69. The first-order valence-electron chi connectivity index (χ1n) is 9.73. The van der Waals surface area contributed by atoms with Gasteiger partial charge in [-0.15, -0.1) is 0 Å². The smallest absolute Gasteiger partial charge is 0.341 e. The van der Waals surface area contributed by atoms with Gasteiger partial charge in [0.15, 0.2) is 6.10 Å². The Kier molecular flexibility index (Phi) is 7.36. The minimum atomic E-state index is -3.99. The Morgan fingerprint density at radius 1 is 1.21 bits per heavy atom. The number of rotatable bonds is 7. The van der Waals surface area contributed by atoms with E-state index in [0.717, 1.165) is 28.6 Å². The number of amides is 1. The van der Waals surface area contributed by atoms with Crippen LogP contribution in [-0.2, 0) is 24.3 Å². The van der Waals surface area contributed by atoms with E-state index in [4.69, 9.17) is 9.47 Å². The van der Waals surface area contributed by atoms with E-state index in [9.17, 15) is 32.5 Å². The van der Waals surface area contributed by atoms with Gasteiger partial charge in [0.25, 0.3) is 11.6 Å². The van der Waals surface area contributed by atoms with Gasteiger partial charge in [-0.05, 0) is 31.2 Å². The van der Waals surface area contributed by atoms with Crippen molar-refractivity contribution >= 4 is 33.3 Å². The highest BCUT2D eigenvalue weighted by Crippen LogP contribution is 2.22. The number of hydrogen-bond acceptors (Lipinski definition) is 8. The van der Waals surface area contributed by atoms with E-state index in [1.165, 1.54) is 25.1 Å². The van der Waals surface area contributed by atoms with Crippen molar-refractivity contribution in [3.05, 3.63) is 64.0 Å². The van der Waals surface area contributed by atoms with E-state index < -0.39 is 44.3 Å². The standard InChI is InChI=1S/C20H20FN3O8S/c1-13(19(25)22-14-3-2-4-15(11-14)24(27)28)32-20(26)17-12-16(5-6-18(17)21)33(29,30)23-7-9-31-10-8-23/h2-6,11-13H,7-10H2,1H3,(H,22,25).